The van der Waals surface area contributed by atoms with E-state index >= 15 is 0 Å². The van der Waals surface area contributed by atoms with Crippen molar-refractivity contribution in [1.29, 1.82) is 0 Å². The predicted octanol–water partition coefficient (Wildman–Crippen LogP) is 2.39. The predicted molar refractivity (Wildman–Crippen MR) is 53.0 cm³/mol. The number of halogens is 3. The minimum atomic E-state index is -2.66. The van der Waals surface area contributed by atoms with Gasteiger partial charge in [0.25, 0.3) is 6.43 Å². The van der Waals surface area contributed by atoms with E-state index in [2.05, 4.69) is 0 Å². The molecule has 0 aliphatic heterocycles. The summed E-state index contributed by atoms with van der Waals surface area (Å²) in [5, 5.41) is 9.40. The lowest BCUT2D eigenvalue weighted by Gasteiger charge is -2.13. The number of nitrogens with two attached hydrogens (primary N) is 1. The van der Waals surface area contributed by atoms with Gasteiger partial charge in [-0.25, -0.2) is 8.78 Å². The number of phenols is 1. The molecule has 80 valence electrons. The maximum atomic E-state index is 12.2. The highest BCUT2D eigenvalue weighted by molar-refractivity contribution is 5.85. The summed E-state index contributed by atoms with van der Waals surface area (Å²) in [5.74, 6) is -0.143. The quantitative estimate of drug-likeness (QED) is 0.809. The Balaban J connectivity index is 0.00000169. The van der Waals surface area contributed by atoms with Crippen LogP contribution in [0.15, 0.2) is 18.2 Å². The molecule has 0 bridgehead atoms. The third-order valence-electron chi connectivity index (χ3n) is 1.90. The molecule has 1 rings (SSSR count). The van der Waals surface area contributed by atoms with E-state index in [1.54, 1.807) is 19.1 Å². The van der Waals surface area contributed by atoms with E-state index in [4.69, 9.17) is 5.73 Å². The zero-order valence-electron chi connectivity index (χ0n) is 7.58. The molecule has 1 atom stereocenters. The Labute approximate surface area is 87.1 Å². The van der Waals surface area contributed by atoms with Gasteiger partial charge >= 0.3 is 0 Å². The standard InChI is InChI=1S/C9H11F2NO.ClH/c1-5-3-2-4-6(8(5)13)7(12)9(10)11;/h2-4,7,9,13H,12H2,1H3;1H/t7-;/m1./s1. The van der Waals surface area contributed by atoms with Crippen LogP contribution in [0.5, 0.6) is 5.75 Å². The summed E-state index contributed by atoms with van der Waals surface area (Å²) >= 11 is 0. The molecule has 0 aliphatic rings. The van der Waals surface area contributed by atoms with Crippen molar-refractivity contribution >= 4 is 12.4 Å². The van der Waals surface area contributed by atoms with Gasteiger partial charge in [0.1, 0.15) is 5.75 Å². The third-order valence-corrected chi connectivity index (χ3v) is 1.90. The number of rotatable bonds is 2. The first-order valence-electron chi connectivity index (χ1n) is 3.86. The highest BCUT2D eigenvalue weighted by atomic mass is 35.5. The topological polar surface area (TPSA) is 46.2 Å². The molecule has 0 spiro atoms. The molecule has 2 nitrogen and oxygen atoms in total. The number of para-hydroxylation sites is 1. The molecule has 0 aliphatic carbocycles. The Morgan fingerprint density at radius 2 is 1.93 bits per heavy atom. The van der Waals surface area contributed by atoms with Crippen molar-refractivity contribution in [3.63, 3.8) is 0 Å². The fraction of sp³-hybridized carbons (Fsp3) is 0.333. The Morgan fingerprint density at radius 3 is 2.43 bits per heavy atom. The number of benzene rings is 1. The van der Waals surface area contributed by atoms with E-state index in [-0.39, 0.29) is 23.7 Å². The molecule has 5 heteroatoms. The fourth-order valence-electron chi connectivity index (χ4n) is 1.09. The number of aromatic hydroxyl groups is 1. The maximum Gasteiger partial charge on any atom is 0.257 e. The van der Waals surface area contributed by atoms with Gasteiger partial charge in [0, 0.05) is 5.56 Å². The zero-order valence-corrected chi connectivity index (χ0v) is 8.39. The Hall–Kier alpha value is -0.870. The second kappa shape index (κ2) is 5.12. The van der Waals surface area contributed by atoms with E-state index in [0.29, 0.717) is 5.56 Å². The summed E-state index contributed by atoms with van der Waals surface area (Å²) in [4.78, 5) is 0. The largest absolute Gasteiger partial charge is 0.507 e. The van der Waals surface area contributed by atoms with Crippen LogP contribution in [0.2, 0.25) is 0 Å². The van der Waals surface area contributed by atoms with Gasteiger partial charge in [0.2, 0.25) is 0 Å². The van der Waals surface area contributed by atoms with Crippen LogP contribution in [0.25, 0.3) is 0 Å². The first-order valence-corrected chi connectivity index (χ1v) is 3.86. The molecule has 1 aromatic carbocycles. The number of aryl methyl sites for hydroxylation is 1. The molecule has 0 saturated heterocycles. The van der Waals surface area contributed by atoms with Gasteiger partial charge in [0.15, 0.2) is 0 Å². The third kappa shape index (κ3) is 2.56. The molecule has 0 unspecified atom stereocenters. The van der Waals surface area contributed by atoms with Gasteiger partial charge in [-0.2, -0.15) is 0 Å². The van der Waals surface area contributed by atoms with Gasteiger partial charge in [-0.05, 0) is 12.5 Å². The molecule has 0 heterocycles. The average Bonchev–Trinajstić information content (AvgIpc) is 2.08. The summed E-state index contributed by atoms with van der Waals surface area (Å²) in [7, 11) is 0. The summed E-state index contributed by atoms with van der Waals surface area (Å²) in [6.07, 6.45) is -2.66. The second-order valence-corrected chi connectivity index (χ2v) is 2.87. The van der Waals surface area contributed by atoms with Crippen molar-refractivity contribution in [1.82, 2.24) is 0 Å². The molecule has 3 N–H and O–H groups in total. The lowest BCUT2D eigenvalue weighted by Crippen LogP contribution is -2.19. The monoisotopic (exact) mass is 223 g/mol. The number of hydrogen-bond donors (Lipinski definition) is 2. The van der Waals surface area contributed by atoms with E-state index in [9.17, 15) is 13.9 Å². The molecular formula is C9H12ClF2NO. The Morgan fingerprint density at radius 1 is 1.36 bits per heavy atom. The highest BCUT2D eigenvalue weighted by Gasteiger charge is 2.20. The first kappa shape index (κ1) is 13.1. The van der Waals surface area contributed by atoms with Gasteiger partial charge in [0.05, 0.1) is 6.04 Å². The van der Waals surface area contributed by atoms with Crippen molar-refractivity contribution < 1.29 is 13.9 Å². The maximum absolute atomic E-state index is 12.2. The fourth-order valence-corrected chi connectivity index (χ4v) is 1.09. The van der Waals surface area contributed by atoms with Crippen molar-refractivity contribution in [3.8, 4) is 5.75 Å². The van der Waals surface area contributed by atoms with Gasteiger partial charge in [-0.3, -0.25) is 0 Å². The van der Waals surface area contributed by atoms with Gasteiger partial charge < -0.3 is 10.8 Å². The van der Waals surface area contributed by atoms with Crippen LogP contribution >= 0.6 is 12.4 Å². The Kier molecular flexibility index (Phi) is 4.80. The molecular weight excluding hydrogens is 212 g/mol. The summed E-state index contributed by atoms with van der Waals surface area (Å²) in [6, 6.07) is 3.21. The van der Waals surface area contributed by atoms with Crippen molar-refractivity contribution in [3.05, 3.63) is 29.3 Å². The number of phenolic OH excluding ortho intramolecular Hbond substituents is 1. The summed E-state index contributed by atoms with van der Waals surface area (Å²) in [6.45, 7) is 1.64. The average molecular weight is 224 g/mol. The summed E-state index contributed by atoms with van der Waals surface area (Å²) in [5.41, 5.74) is 5.84. The normalized spacial score (nSPS) is 12.4. The van der Waals surface area contributed by atoms with Crippen LogP contribution < -0.4 is 5.73 Å². The van der Waals surface area contributed by atoms with E-state index in [1.807, 2.05) is 0 Å². The molecule has 0 saturated carbocycles. The van der Waals surface area contributed by atoms with Crippen LogP contribution in [-0.2, 0) is 0 Å². The molecule has 0 amide bonds. The van der Waals surface area contributed by atoms with Crippen LogP contribution in [-0.4, -0.2) is 11.5 Å². The van der Waals surface area contributed by atoms with Gasteiger partial charge in [-0.15, -0.1) is 12.4 Å². The number of alkyl halides is 2. The van der Waals surface area contributed by atoms with Crippen LogP contribution in [0.3, 0.4) is 0 Å². The van der Waals surface area contributed by atoms with Crippen molar-refractivity contribution in [2.45, 2.75) is 19.4 Å². The first-order chi connectivity index (χ1) is 6.04. The second-order valence-electron chi connectivity index (χ2n) is 2.87. The molecule has 0 radical (unpaired) electrons. The SMILES string of the molecule is Cc1cccc([C@@H](N)C(F)F)c1O.Cl. The van der Waals surface area contributed by atoms with Crippen molar-refractivity contribution in [2.24, 2.45) is 5.73 Å². The smallest absolute Gasteiger partial charge is 0.257 e. The lowest BCUT2D eigenvalue weighted by molar-refractivity contribution is 0.115. The van der Waals surface area contributed by atoms with E-state index in [1.165, 1.54) is 6.07 Å². The lowest BCUT2D eigenvalue weighted by atomic mass is 10.0. The molecule has 0 fully saturated rings. The van der Waals surface area contributed by atoms with E-state index in [0.717, 1.165) is 0 Å². The Bertz CT molecular complexity index is 307. The van der Waals surface area contributed by atoms with Crippen LogP contribution in [0, 0.1) is 6.92 Å². The molecule has 1 aromatic rings. The summed E-state index contributed by atoms with van der Waals surface area (Å²) < 4.78 is 24.4. The molecule has 14 heavy (non-hydrogen) atoms. The zero-order chi connectivity index (χ0) is 10.0. The number of hydrogen-bond acceptors (Lipinski definition) is 2. The molecule has 0 aromatic heterocycles. The van der Waals surface area contributed by atoms with E-state index < -0.39 is 12.5 Å². The minimum absolute atomic E-state index is 0. The van der Waals surface area contributed by atoms with Crippen LogP contribution in [0.1, 0.15) is 17.2 Å². The highest BCUT2D eigenvalue weighted by Crippen LogP contribution is 2.29. The van der Waals surface area contributed by atoms with Gasteiger partial charge in [-0.1, -0.05) is 18.2 Å². The van der Waals surface area contributed by atoms with Crippen molar-refractivity contribution in [2.75, 3.05) is 0 Å². The van der Waals surface area contributed by atoms with Crippen LogP contribution in [0.4, 0.5) is 8.78 Å². The minimum Gasteiger partial charge on any atom is -0.507 e.